The number of ketones is 1. The molecule has 1 spiro atoms. The first-order valence-electron chi connectivity index (χ1n) is 10.3. The fraction of sp³-hybridized carbons (Fsp3) is 0.696. The van der Waals surface area contributed by atoms with Crippen LogP contribution in [0.5, 0.6) is 0 Å². The van der Waals surface area contributed by atoms with Crippen LogP contribution in [0.25, 0.3) is 0 Å². The van der Waals surface area contributed by atoms with Crippen LogP contribution in [0.2, 0.25) is 0 Å². The van der Waals surface area contributed by atoms with E-state index in [1.807, 2.05) is 13.0 Å². The number of unbranched alkanes of at least 4 members (excludes halogenated alkanes) is 1. The van der Waals surface area contributed by atoms with Crippen molar-refractivity contribution in [3.05, 3.63) is 34.9 Å². The summed E-state index contributed by atoms with van der Waals surface area (Å²) in [6.07, 6.45) is 15.8. The second-order valence-corrected chi connectivity index (χ2v) is 8.50. The van der Waals surface area contributed by atoms with Crippen LogP contribution in [0.15, 0.2) is 34.9 Å². The molecule has 2 saturated carbocycles. The zero-order valence-electron chi connectivity index (χ0n) is 16.2. The van der Waals surface area contributed by atoms with Gasteiger partial charge in [0.15, 0.2) is 5.78 Å². The Morgan fingerprint density at radius 1 is 1.40 bits per heavy atom. The smallest absolute Gasteiger partial charge is 0.155 e. The number of carbonyl (C=O) groups excluding carboxylic acids is 1. The molecule has 0 heterocycles. The Morgan fingerprint density at radius 3 is 2.92 bits per heavy atom. The minimum Gasteiger partial charge on any atom is -0.389 e. The summed E-state index contributed by atoms with van der Waals surface area (Å²) in [5, 5.41) is 9.93. The van der Waals surface area contributed by atoms with Gasteiger partial charge in [0.05, 0.1) is 6.10 Å². The molecule has 0 aromatic rings. The molecule has 25 heavy (non-hydrogen) atoms. The Morgan fingerprint density at radius 2 is 2.20 bits per heavy atom. The minimum absolute atomic E-state index is 0.264. The van der Waals surface area contributed by atoms with Gasteiger partial charge >= 0.3 is 0 Å². The first-order valence-corrected chi connectivity index (χ1v) is 10.3. The molecule has 0 bridgehead atoms. The van der Waals surface area contributed by atoms with Gasteiger partial charge < -0.3 is 5.11 Å². The fourth-order valence-electron chi connectivity index (χ4n) is 5.46. The van der Waals surface area contributed by atoms with Gasteiger partial charge in [-0.25, -0.2) is 0 Å². The highest BCUT2D eigenvalue weighted by Gasteiger charge is 2.57. The van der Waals surface area contributed by atoms with E-state index in [1.165, 1.54) is 43.3 Å². The Kier molecular flexibility index (Phi) is 5.68. The van der Waals surface area contributed by atoms with Gasteiger partial charge in [-0.05, 0) is 87.7 Å². The minimum atomic E-state index is -0.264. The summed E-state index contributed by atoms with van der Waals surface area (Å²) in [6, 6.07) is 0. The average molecular weight is 343 g/mol. The Balaban J connectivity index is 1.58. The first-order chi connectivity index (χ1) is 12.0. The Labute approximate surface area is 153 Å². The van der Waals surface area contributed by atoms with E-state index in [1.54, 1.807) is 11.6 Å². The number of rotatable bonds is 7. The monoisotopic (exact) mass is 342 g/mol. The second-order valence-electron chi connectivity index (χ2n) is 8.50. The van der Waals surface area contributed by atoms with Crippen LogP contribution in [0.3, 0.4) is 0 Å². The van der Waals surface area contributed by atoms with Gasteiger partial charge in [0.2, 0.25) is 0 Å². The molecule has 0 aromatic heterocycles. The van der Waals surface area contributed by atoms with E-state index in [4.69, 9.17) is 0 Å². The fourth-order valence-corrected chi connectivity index (χ4v) is 5.46. The van der Waals surface area contributed by atoms with Crippen molar-refractivity contribution in [3.63, 3.8) is 0 Å². The van der Waals surface area contributed by atoms with E-state index in [2.05, 4.69) is 19.9 Å². The predicted octanol–water partition coefficient (Wildman–Crippen LogP) is 5.53. The van der Waals surface area contributed by atoms with E-state index >= 15 is 0 Å². The molecule has 2 nitrogen and oxygen atoms in total. The summed E-state index contributed by atoms with van der Waals surface area (Å²) >= 11 is 0. The van der Waals surface area contributed by atoms with E-state index in [-0.39, 0.29) is 11.9 Å². The standard InChI is InChI=1S/C23H34O2/c1-4-5-6-7-20(25)10-8-16(2)18-12-13-23-15-21(17(3)24)22(23)11-9-19(23)14-18/h6-7,15,17,19,22,24H,4-5,8-14H2,1-3H3/b7-6+,18-16+. The average Bonchev–Trinajstić information content (AvgIpc) is 2.84. The molecule has 3 rings (SSSR count). The number of hydrogen-bond acceptors (Lipinski definition) is 2. The lowest BCUT2D eigenvalue weighted by molar-refractivity contribution is -0.114. The van der Waals surface area contributed by atoms with Gasteiger partial charge in [0, 0.05) is 6.42 Å². The molecule has 1 N–H and O–H groups in total. The second kappa shape index (κ2) is 7.61. The molecule has 2 heteroatoms. The van der Waals surface area contributed by atoms with Crippen LogP contribution in [-0.4, -0.2) is 17.0 Å². The van der Waals surface area contributed by atoms with Gasteiger partial charge in [0.1, 0.15) is 0 Å². The molecule has 4 atom stereocenters. The van der Waals surface area contributed by atoms with Crippen LogP contribution in [0.4, 0.5) is 0 Å². The number of hydrogen-bond donors (Lipinski definition) is 1. The van der Waals surface area contributed by atoms with E-state index in [9.17, 15) is 9.90 Å². The Hall–Kier alpha value is -1.15. The predicted molar refractivity (Wildman–Crippen MR) is 103 cm³/mol. The van der Waals surface area contributed by atoms with Crippen molar-refractivity contribution >= 4 is 5.78 Å². The number of aliphatic hydroxyl groups is 1. The van der Waals surface area contributed by atoms with Crippen LogP contribution >= 0.6 is 0 Å². The SMILES string of the molecule is CCC/C=C/C(=O)CC/C(C)=C1\CCC23C=C(C(C)O)C2CCC3C1. The quantitative estimate of drug-likeness (QED) is 0.488. The van der Waals surface area contributed by atoms with Crippen LogP contribution in [-0.2, 0) is 4.79 Å². The normalized spacial score (nSPS) is 34.2. The van der Waals surface area contributed by atoms with Gasteiger partial charge in [-0.2, -0.15) is 0 Å². The van der Waals surface area contributed by atoms with Crippen molar-refractivity contribution in [2.45, 2.75) is 84.7 Å². The van der Waals surface area contributed by atoms with Crippen LogP contribution < -0.4 is 0 Å². The third kappa shape index (κ3) is 3.56. The molecule has 0 radical (unpaired) electrons. The zero-order valence-corrected chi connectivity index (χ0v) is 16.2. The van der Waals surface area contributed by atoms with Crippen LogP contribution in [0, 0.1) is 17.3 Å². The molecule has 0 saturated heterocycles. The summed E-state index contributed by atoms with van der Waals surface area (Å²) < 4.78 is 0. The Bertz CT molecular complexity index is 608. The number of carbonyl (C=O) groups is 1. The van der Waals surface area contributed by atoms with Gasteiger partial charge in [-0.3, -0.25) is 4.79 Å². The van der Waals surface area contributed by atoms with Crippen molar-refractivity contribution in [2.24, 2.45) is 17.3 Å². The largest absolute Gasteiger partial charge is 0.389 e. The molecule has 0 aromatic carbocycles. The molecule has 2 fully saturated rings. The maximum atomic E-state index is 11.9. The lowest BCUT2D eigenvalue weighted by Gasteiger charge is -2.51. The molecule has 0 amide bonds. The van der Waals surface area contributed by atoms with Crippen molar-refractivity contribution < 1.29 is 9.90 Å². The summed E-state index contributed by atoms with van der Waals surface area (Å²) in [7, 11) is 0. The van der Waals surface area contributed by atoms with Crippen molar-refractivity contribution in [2.75, 3.05) is 0 Å². The molecule has 138 valence electrons. The molecule has 0 aliphatic heterocycles. The highest BCUT2D eigenvalue weighted by atomic mass is 16.3. The van der Waals surface area contributed by atoms with Gasteiger partial charge in [-0.1, -0.05) is 36.6 Å². The molecular formula is C23H34O2. The summed E-state index contributed by atoms with van der Waals surface area (Å²) in [5.41, 5.74) is 4.76. The number of allylic oxidation sites excluding steroid dienone is 5. The summed E-state index contributed by atoms with van der Waals surface area (Å²) in [5.74, 6) is 1.67. The maximum absolute atomic E-state index is 11.9. The zero-order chi connectivity index (χ0) is 18.0. The van der Waals surface area contributed by atoms with Crippen molar-refractivity contribution in [3.8, 4) is 0 Å². The summed E-state index contributed by atoms with van der Waals surface area (Å²) in [6.45, 7) is 6.28. The highest BCUT2D eigenvalue weighted by Crippen LogP contribution is 2.66. The van der Waals surface area contributed by atoms with Crippen molar-refractivity contribution in [1.82, 2.24) is 0 Å². The van der Waals surface area contributed by atoms with Gasteiger partial charge in [0.25, 0.3) is 0 Å². The van der Waals surface area contributed by atoms with Crippen molar-refractivity contribution in [1.29, 1.82) is 0 Å². The van der Waals surface area contributed by atoms with E-state index in [0.29, 0.717) is 17.8 Å². The third-order valence-electron chi connectivity index (χ3n) is 6.99. The van der Waals surface area contributed by atoms with Crippen LogP contribution in [0.1, 0.15) is 78.6 Å². The van der Waals surface area contributed by atoms with E-state index < -0.39 is 0 Å². The highest BCUT2D eigenvalue weighted by molar-refractivity contribution is 5.89. The lowest BCUT2D eigenvalue weighted by atomic mass is 9.53. The molecular weight excluding hydrogens is 308 g/mol. The van der Waals surface area contributed by atoms with Gasteiger partial charge in [-0.15, -0.1) is 0 Å². The lowest BCUT2D eigenvalue weighted by Crippen LogP contribution is -2.43. The third-order valence-corrected chi connectivity index (χ3v) is 6.99. The van der Waals surface area contributed by atoms with E-state index in [0.717, 1.165) is 25.2 Å². The maximum Gasteiger partial charge on any atom is 0.155 e. The summed E-state index contributed by atoms with van der Waals surface area (Å²) in [4.78, 5) is 11.9. The first kappa shape index (κ1) is 18.6. The molecule has 4 unspecified atom stereocenters. The molecule has 3 aliphatic rings. The topological polar surface area (TPSA) is 37.3 Å². The number of aliphatic hydroxyl groups excluding tert-OH is 1. The molecule has 3 aliphatic carbocycles.